The van der Waals surface area contributed by atoms with Gasteiger partial charge in [-0.25, -0.2) is 8.42 Å². The molecule has 1 heterocycles. The van der Waals surface area contributed by atoms with Gasteiger partial charge >= 0.3 is 0 Å². The molecule has 140 valence electrons. The molecular formula is C18H29N3O3S. The summed E-state index contributed by atoms with van der Waals surface area (Å²) in [5.41, 5.74) is 1.43. The summed E-state index contributed by atoms with van der Waals surface area (Å²) in [7, 11) is -3.49. The summed E-state index contributed by atoms with van der Waals surface area (Å²) in [5, 5.41) is 2.93. The first-order valence-corrected chi connectivity index (χ1v) is 10.0. The van der Waals surface area contributed by atoms with Crippen molar-refractivity contribution in [2.24, 2.45) is 0 Å². The first-order chi connectivity index (χ1) is 11.5. The van der Waals surface area contributed by atoms with Crippen molar-refractivity contribution < 1.29 is 13.2 Å². The molecule has 25 heavy (non-hydrogen) atoms. The molecule has 1 aromatic carbocycles. The van der Waals surface area contributed by atoms with Gasteiger partial charge in [-0.15, -0.1) is 0 Å². The van der Waals surface area contributed by atoms with Crippen LogP contribution in [0.4, 0.5) is 0 Å². The third-order valence-corrected chi connectivity index (χ3v) is 6.21. The number of rotatable bonds is 4. The van der Waals surface area contributed by atoms with E-state index in [0.717, 1.165) is 11.1 Å². The number of sulfonamides is 1. The van der Waals surface area contributed by atoms with E-state index in [4.69, 9.17) is 0 Å². The number of nitrogens with zero attached hydrogens (tertiary/aromatic N) is 2. The average Bonchev–Trinajstić information content (AvgIpc) is 2.48. The van der Waals surface area contributed by atoms with Crippen molar-refractivity contribution in [2.75, 3.05) is 32.7 Å². The van der Waals surface area contributed by atoms with Crippen LogP contribution in [-0.4, -0.2) is 61.8 Å². The fraction of sp³-hybridized carbons (Fsp3) is 0.611. The highest BCUT2D eigenvalue weighted by atomic mass is 32.2. The Morgan fingerprint density at radius 1 is 1.12 bits per heavy atom. The minimum Gasteiger partial charge on any atom is -0.350 e. The Hall–Kier alpha value is -1.44. The highest BCUT2D eigenvalue weighted by Crippen LogP contribution is 2.22. The van der Waals surface area contributed by atoms with Crippen molar-refractivity contribution in [3.8, 4) is 0 Å². The lowest BCUT2D eigenvalue weighted by Crippen LogP contribution is -2.52. The molecule has 1 N–H and O–H groups in total. The smallest absolute Gasteiger partial charge is 0.243 e. The maximum atomic E-state index is 12.9. The van der Waals surface area contributed by atoms with Gasteiger partial charge in [-0.1, -0.05) is 12.1 Å². The third-order valence-electron chi connectivity index (χ3n) is 4.17. The maximum Gasteiger partial charge on any atom is 0.243 e. The molecule has 0 spiro atoms. The van der Waals surface area contributed by atoms with Gasteiger partial charge in [-0.2, -0.15) is 4.31 Å². The van der Waals surface area contributed by atoms with Crippen LogP contribution in [0, 0.1) is 13.8 Å². The first-order valence-electron chi connectivity index (χ1n) is 8.60. The lowest BCUT2D eigenvalue weighted by atomic mass is 10.1. The Kier molecular flexibility index (Phi) is 5.91. The predicted molar refractivity (Wildman–Crippen MR) is 99.0 cm³/mol. The van der Waals surface area contributed by atoms with E-state index >= 15 is 0 Å². The van der Waals surface area contributed by atoms with Gasteiger partial charge in [-0.05, 0) is 51.8 Å². The second-order valence-corrected chi connectivity index (χ2v) is 9.65. The molecule has 1 aliphatic heterocycles. The number of hydrogen-bond acceptors (Lipinski definition) is 4. The SMILES string of the molecule is Cc1ccc(C)c(S(=O)(=O)N2CCN(CC(=O)NC(C)(C)C)CC2)c1. The summed E-state index contributed by atoms with van der Waals surface area (Å²) in [5.74, 6) is -0.0293. The number of benzene rings is 1. The van der Waals surface area contributed by atoms with Gasteiger partial charge in [-0.3, -0.25) is 9.69 Å². The summed E-state index contributed by atoms with van der Waals surface area (Å²) in [6.45, 7) is 11.8. The summed E-state index contributed by atoms with van der Waals surface area (Å²) in [6, 6.07) is 5.49. The van der Waals surface area contributed by atoms with E-state index < -0.39 is 10.0 Å². The number of carbonyl (C=O) groups excluding carboxylic acids is 1. The highest BCUT2D eigenvalue weighted by Gasteiger charge is 2.30. The standard InChI is InChI=1S/C18H29N3O3S/c1-14-6-7-15(2)16(12-14)25(23,24)21-10-8-20(9-11-21)13-17(22)19-18(3,4)5/h6-7,12H,8-11,13H2,1-5H3,(H,19,22). The monoisotopic (exact) mass is 367 g/mol. The molecule has 0 unspecified atom stereocenters. The number of carbonyl (C=O) groups is 1. The maximum absolute atomic E-state index is 12.9. The molecule has 7 heteroatoms. The molecule has 1 saturated heterocycles. The Morgan fingerprint density at radius 3 is 2.28 bits per heavy atom. The van der Waals surface area contributed by atoms with Gasteiger partial charge in [0.25, 0.3) is 0 Å². The zero-order chi connectivity index (χ0) is 18.8. The van der Waals surface area contributed by atoms with Crippen LogP contribution in [0.2, 0.25) is 0 Å². The average molecular weight is 368 g/mol. The quantitative estimate of drug-likeness (QED) is 0.876. The number of hydrogen-bond donors (Lipinski definition) is 1. The summed E-state index contributed by atoms with van der Waals surface area (Å²) >= 11 is 0. The second kappa shape index (κ2) is 7.43. The molecule has 6 nitrogen and oxygen atoms in total. The van der Waals surface area contributed by atoms with Crippen molar-refractivity contribution in [3.05, 3.63) is 29.3 Å². The normalized spacial score (nSPS) is 17.5. The van der Waals surface area contributed by atoms with E-state index in [1.54, 1.807) is 6.07 Å². The van der Waals surface area contributed by atoms with Crippen LogP contribution in [0.3, 0.4) is 0 Å². The summed E-state index contributed by atoms with van der Waals surface area (Å²) in [4.78, 5) is 14.4. The van der Waals surface area contributed by atoms with Crippen LogP contribution in [-0.2, 0) is 14.8 Å². The highest BCUT2D eigenvalue weighted by molar-refractivity contribution is 7.89. The molecule has 0 aliphatic carbocycles. The van der Waals surface area contributed by atoms with Crippen molar-refractivity contribution >= 4 is 15.9 Å². The van der Waals surface area contributed by atoms with Crippen molar-refractivity contribution in [3.63, 3.8) is 0 Å². The zero-order valence-corrected chi connectivity index (χ0v) is 16.6. The molecule has 0 aromatic heterocycles. The zero-order valence-electron chi connectivity index (χ0n) is 15.8. The Bertz CT molecular complexity index is 730. The van der Waals surface area contributed by atoms with E-state index in [1.165, 1.54) is 4.31 Å². The predicted octanol–water partition coefficient (Wildman–Crippen LogP) is 1.52. The number of amides is 1. The molecule has 1 fully saturated rings. The van der Waals surface area contributed by atoms with E-state index in [0.29, 0.717) is 37.6 Å². The molecule has 0 bridgehead atoms. The van der Waals surface area contributed by atoms with Gasteiger partial charge in [0.05, 0.1) is 11.4 Å². The number of piperazine rings is 1. The number of aryl methyl sites for hydroxylation is 2. The molecule has 2 rings (SSSR count). The molecule has 0 radical (unpaired) electrons. The van der Waals surface area contributed by atoms with E-state index in [1.807, 2.05) is 51.7 Å². The van der Waals surface area contributed by atoms with Crippen LogP contribution < -0.4 is 5.32 Å². The number of nitrogens with one attached hydrogen (secondary N) is 1. The second-order valence-electron chi connectivity index (χ2n) is 7.75. The molecule has 1 aliphatic rings. The van der Waals surface area contributed by atoms with Crippen molar-refractivity contribution in [1.82, 2.24) is 14.5 Å². The van der Waals surface area contributed by atoms with Crippen LogP contribution >= 0.6 is 0 Å². The minimum absolute atomic E-state index is 0.0293. The van der Waals surface area contributed by atoms with E-state index in [2.05, 4.69) is 5.32 Å². The van der Waals surface area contributed by atoms with Crippen LogP contribution in [0.5, 0.6) is 0 Å². The Labute approximate surface area is 151 Å². The molecule has 1 aromatic rings. The lowest BCUT2D eigenvalue weighted by Gasteiger charge is -2.34. The van der Waals surface area contributed by atoms with Crippen molar-refractivity contribution in [1.29, 1.82) is 0 Å². The Morgan fingerprint density at radius 2 is 1.72 bits per heavy atom. The van der Waals surface area contributed by atoms with Crippen LogP contribution in [0.25, 0.3) is 0 Å². The topological polar surface area (TPSA) is 69.7 Å². The lowest BCUT2D eigenvalue weighted by molar-refractivity contribution is -0.123. The molecule has 0 saturated carbocycles. The molecule has 0 atom stereocenters. The van der Waals surface area contributed by atoms with Gasteiger partial charge < -0.3 is 5.32 Å². The van der Waals surface area contributed by atoms with Gasteiger partial charge in [0.15, 0.2) is 0 Å². The molecule has 1 amide bonds. The van der Waals surface area contributed by atoms with Crippen molar-refractivity contribution in [2.45, 2.75) is 45.1 Å². The minimum atomic E-state index is -3.49. The summed E-state index contributed by atoms with van der Waals surface area (Å²) < 4.78 is 27.3. The van der Waals surface area contributed by atoms with E-state index in [9.17, 15) is 13.2 Å². The van der Waals surface area contributed by atoms with Gasteiger partial charge in [0, 0.05) is 31.7 Å². The first kappa shape index (κ1) is 19.9. The van der Waals surface area contributed by atoms with E-state index in [-0.39, 0.29) is 11.4 Å². The van der Waals surface area contributed by atoms with Crippen LogP contribution in [0.15, 0.2) is 23.1 Å². The van der Waals surface area contributed by atoms with Crippen LogP contribution in [0.1, 0.15) is 31.9 Å². The third kappa shape index (κ3) is 5.26. The Balaban J connectivity index is 1.99. The fourth-order valence-electron chi connectivity index (χ4n) is 2.91. The van der Waals surface area contributed by atoms with Gasteiger partial charge in [0.1, 0.15) is 0 Å². The van der Waals surface area contributed by atoms with Gasteiger partial charge in [0.2, 0.25) is 15.9 Å². The molecular weight excluding hydrogens is 338 g/mol. The largest absolute Gasteiger partial charge is 0.350 e. The summed E-state index contributed by atoms with van der Waals surface area (Å²) in [6.07, 6.45) is 0. The fourth-order valence-corrected chi connectivity index (χ4v) is 4.65.